The molecule has 0 aliphatic carbocycles. The van der Waals surface area contributed by atoms with Crippen LogP contribution in [0.25, 0.3) is 32.6 Å². The van der Waals surface area contributed by atoms with Gasteiger partial charge in [0.2, 0.25) is 0 Å². The highest BCUT2D eigenvalue weighted by Gasteiger charge is 2.16. The molecule has 0 aliphatic rings. The Morgan fingerprint density at radius 3 is 2.54 bits per heavy atom. The van der Waals surface area contributed by atoms with Crippen LogP contribution < -0.4 is 5.32 Å². The number of aromatic hydroxyl groups is 1. The fourth-order valence-electron chi connectivity index (χ4n) is 3.62. The predicted molar refractivity (Wildman–Crippen MR) is 114 cm³/mol. The first-order valence-electron chi connectivity index (χ1n) is 8.84. The highest BCUT2D eigenvalue weighted by molar-refractivity contribution is 6.34. The molecule has 0 saturated carbocycles. The van der Waals surface area contributed by atoms with E-state index in [1.54, 1.807) is 36.4 Å². The molecule has 1 heterocycles. The molecule has 0 bridgehead atoms. The van der Waals surface area contributed by atoms with Gasteiger partial charge in [0, 0.05) is 21.7 Å². The van der Waals surface area contributed by atoms with E-state index in [4.69, 9.17) is 11.6 Å². The van der Waals surface area contributed by atoms with E-state index in [0.29, 0.717) is 10.7 Å². The van der Waals surface area contributed by atoms with Crippen LogP contribution in [0.4, 0.5) is 5.69 Å². The second-order valence-corrected chi connectivity index (χ2v) is 7.09. The van der Waals surface area contributed by atoms with Crippen LogP contribution in [0, 0.1) is 0 Å². The summed E-state index contributed by atoms with van der Waals surface area (Å²) in [6.45, 7) is 0. The first kappa shape index (κ1) is 16.7. The summed E-state index contributed by atoms with van der Waals surface area (Å²) in [6.07, 6.45) is 0. The number of halogens is 1. The van der Waals surface area contributed by atoms with Crippen LogP contribution in [0.15, 0.2) is 72.8 Å². The number of benzene rings is 4. The summed E-state index contributed by atoms with van der Waals surface area (Å²) in [5, 5.41) is 17.7. The molecule has 5 rings (SSSR count). The summed E-state index contributed by atoms with van der Waals surface area (Å²) in [6, 6.07) is 22.4. The van der Waals surface area contributed by atoms with Crippen molar-refractivity contribution in [1.29, 1.82) is 0 Å². The first-order valence-corrected chi connectivity index (χ1v) is 9.21. The molecule has 0 saturated heterocycles. The quantitative estimate of drug-likeness (QED) is 0.344. The summed E-state index contributed by atoms with van der Waals surface area (Å²) in [5.41, 5.74) is 2.67. The van der Waals surface area contributed by atoms with Gasteiger partial charge in [-0.15, -0.1) is 0 Å². The van der Waals surface area contributed by atoms with Gasteiger partial charge in [0.1, 0.15) is 5.75 Å². The Kier molecular flexibility index (Phi) is 3.74. The van der Waals surface area contributed by atoms with Gasteiger partial charge in [0.25, 0.3) is 5.91 Å². The van der Waals surface area contributed by atoms with E-state index in [9.17, 15) is 9.90 Å². The zero-order valence-electron chi connectivity index (χ0n) is 14.7. The number of hydrogen-bond donors (Lipinski definition) is 3. The number of para-hydroxylation sites is 2. The van der Waals surface area contributed by atoms with Crippen molar-refractivity contribution in [2.45, 2.75) is 0 Å². The van der Waals surface area contributed by atoms with Crippen LogP contribution in [-0.4, -0.2) is 16.0 Å². The number of carbonyl (C=O) groups excluding carboxylic acids is 1. The largest absolute Gasteiger partial charge is 0.507 e. The van der Waals surface area contributed by atoms with E-state index in [2.05, 4.69) is 16.4 Å². The Morgan fingerprint density at radius 2 is 1.68 bits per heavy atom. The number of aromatic nitrogens is 1. The predicted octanol–water partition coefficient (Wildman–Crippen LogP) is 6.09. The number of aromatic amines is 1. The number of nitrogens with one attached hydrogen (secondary N) is 2. The maximum absolute atomic E-state index is 12.7. The highest BCUT2D eigenvalue weighted by Crippen LogP contribution is 2.34. The molecule has 0 atom stereocenters. The van der Waals surface area contributed by atoms with Crippen LogP contribution in [0.1, 0.15) is 10.4 Å². The van der Waals surface area contributed by atoms with Crippen molar-refractivity contribution in [2.24, 2.45) is 0 Å². The average molecular weight is 387 g/mol. The van der Waals surface area contributed by atoms with E-state index in [1.165, 1.54) is 0 Å². The van der Waals surface area contributed by atoms with Gasteiger partial charge in [0.15, 0.2) is 0 Å². The number of phenolic OH excluding ortho intramolecular Hbond substituents is 1. The third-order valence-electron chi connectivity index (χ3n) is 4.98. The average Bonchev–Trinajstić information content (AvgIpc) is 3.08. The van der Waals surface area contributed by atoms with Crippen molar-refractivity contribution in [3.63, 3.8) is 0 Å². The molecule has 0 spiro atoms. The van der Waals surface area contributed by atoms with Crippen LogP contribution in [0.5, 0.6) is 5.75 Å². The molecule has 4 aromatic carbocycles. The number of amides is 1. The number of anilines is 1. The van der Waals surface area contributed by atoms with Crippen molar-refractivity contribution < 1.29 is 9.90 Å². The van der Waals surface area contributed by atoms with Crippen molar-refractivity contribution in [1.82, 2.24) is 4.98 Å². The minimum atomic E-state index is -0.413. The standard InChI is InChI=1S/C23H15ClN2O2/c24-18-6-2-4-8-20(18)26-23(28)17-11-13-9-10-15-14-5-1-3-7-19(14)25-22(15)16(13)12-21(17)27/h1-12,25,27H,(H,26,28). The first-order chi connectivity index (χ1) is 13.6. The Bertz CT molecular complexity index is 1390. The van der Waals surface area contributed by atoms with Gasteiger partial charge in [-0.2, -0.15) is 0 Å². The molecular weight excluding hydrogens is 372 g/mol. The molecule has 5 aromatic rings. The molecular formula is C23H15ClN2O2. The maximum Gasteiger partial charge on any atom is 0.259 e. The smallest absolute Gasteiger partial charge is 0.259 e. The lowest BCUT2D eigenvalue weighted by Gasteiger charge is -2.10. The van der Waals surface area contributed by atoms with Crippen LogP contribution in [-0.2, 0) is 0 Å². The zero-order chi connectivity index (χ0) is 19.3. The SMILES string of the molecule is O=C(Nc1ccccc1Cl)c1cc2ccc3c4ccccc4[nH]c3c2cc1O. The number of rotatable bonds is 2. The van der Waals surface area contributed by atoms with Gasteiger partial charge in [-0.1, -0.05) is 54.1 Å². The second-order valence-electron chi connectivity index (χ2n) is 6.68. The summed E-state index contributed by atoms with van der Waals surface area (Å²) >= 11 is 6.11. The summed E-state index contributed by atoms with van der Waals surface area (Å²) in [7, 11) is 0. The lowest BCUT2D eigenvalue weighted by Crippen LogP contribution is -2.12. The lowest BCUT2D eigenvalue weighted by atomic mass is 10.0. The number of fused-ring (bicyclic) bond motifs is 5. The van der Waals surface area contributed by atoms with Crippen LogP contribution >= 0.6 is 11.6 Å². The molecule has 0 radical (unpaired) electrons. The molecule has 0 fully saturated rings. The summed E-state index contributed by atoms with van der Waals surface area (Å²) in [5.74, 6) is -0.493. The third kappa shape index (κ3) is 2.58. The van der Waals surface area contributed by atoms with E-state index >= 15 is 0 Å². The maximum atomic E-state index is 12.7. The molecule has 136 valence electrons. The second kappa shape index (κ2) is 6.29. The Labute approximate surface area is 165 Å². The molecule has 0 unspecified atom stereocenters. The Hall–Kier alpha value is -3.50. The van der Waals surface area contributed by atoms with Gasteiger partial charge in [-0.3, -0.25) is 4.79 Å². The number of hydrogen-bond acceptors (Lipinski definition) is 2. The third-order valence-corrected chi connectivity index (χ3v) is 5.31. The lowest BCUT2D eigenvalue weighted by molar-refractivity contribution is 0.102. The molecule has 0 aliphatic heterocycles. The number of phenols is 1. The van der Waals surface area contributed by atoms with Gasteiger partial charge >= 0.3 is 0 Å². The summed E-state index contributed by atoms with van der Waals surface area (Å²) in [4.78, 5) is 16.1. The van der Waals surface area contributed by atoms with Gasteiger partial charge in [0.05, 0.1) is 21.8 Å². The molecule has 28 heavy (non-hydrogen) atoms. The molecule has 1 aromatic heterocycles. The monoisotopic (exact) mass is 386 g/mol. The van der Waals surface area contributed by atoms with E-state index < -0.39 is 5.91 Å². The normalized spacial score (nSPS) is 11.3. The van der Waals surface area contributed by atoms with Crippen molar-refractivity contribution in [3.8, 4) is 5.75 Å². The summed E-state index contributed by atoms with van der Waals surface area (Å²) < 4.78 is 0. The Morgan fingerprint density at radius 1 is 0.893 bits per heavy atom. The van der Waals surface area contributed by atoms with E-state index in [-0.39, 0.29) is 11.3 Å². The molecule has 4 nitrogen and oxygen atoms in total. The Balaban J connectivity index is 1.64. The van der Waals surface area contributed by atoms with Crippen LogP contribution in [0.2, 0.25) is 5.02 Å². The van der Waals surface area contributed by atoms with Gasteiger partial charge < -0.3 is 15.4 Å². The van der Waals surface area contributed by atoms with Crippen LogP contribution in [0.3, 0.4) is 0 Å². The topological polar surface area (TPSA) is 65.1 Å². The van der Waals surface area contributed by atoms with Gasteiger partial charge in [-0.25, -0.2) is 0 Å². The van der Waals surface area contributed by atoms with E-state index in [1.807, 2.05) is 30.3 Å². The molecule has 3 N–H and O–H groups in total. The van der Waals surface area contributed by atoms with Gasteiger partial charge in [-0.05, 0) is 35.7 Å². The molecule has 5 heteroatoms. The fourth-order valence-corrected chi connectivity index (χ4v) is 3.80. The van der Waals surface area contributed by atoms with Crippen molar-refractivity contribution in [2.75, 3.05) is 5.32 Å². The van der Waals surface area contributed by atoms with E-state index in [0.717, 1.165) is 32.6 Å². The zero-order valence-corrected chi connectivity index (χ0v) is 15.4. The minimum absolute atomic E-state index is 0.0804. The number of H-pyrrole nitrogens is 1. The van der Waals surface area contributed by atoms with Crippen molar-refractivity contribution >= 4 is 55.8 Å². The minimum Gasteiger partial charge on any atom is -0.507 e. The fraction of sp³-hybridized carbons (Fsp3) is 0. The highest BCUT2D eigenvalue weighted by atomic mass is 35.5. The molecule has 1 amide bonds. The number of carbonyl (C=O) groups is 1. The van der Waals surface area contributed by atoms with Crippen molar-refractivity contribution in [3.05, 3.63) is 83.4 Å².